The van der Waals surface area contributed by atoms with Gasteiger partial charge in [0.1, 0.15) is 0 Å². The van der Waals surface area contributed by atoms with Crippen LogP contribution in [-0.4, -0.2) is 15.9 Å². The number of non-ortho nitro benzene ring substituents is 1. The number of hydrogen-bond acceptors (Lipinski definition) is 5. The van der Waals surface area contributed by atoms with Gasteiger partial charge in [0, 0.05) is 29.4 Å². The number of nitro benzene ring substituents is 2. The molecule has 0 bridgehead atoms. The first-order chi connectivity index (χ1) is 11.3. The normalized spacial score (nSPS) is 10.1. The van der Waals surface area contributed by atoms with Gasteiger partial charge in [0.05, 0.1) is 15.5 Å². The van der Waals surface area contributed by atoms with Crippen molar-refractivity contribution in [3.05, 3.63) is 67.8 Å². The number of hydrogen-bond donors (Lipinski definition) is 2. The zero-order valence-corrected chi connectivity index (χ0v) is 12.9. The van der Waals surface area contributed by atoms with Crippen LogP contribution in [0.1, 0.15) is 11.1 Å². The highest BCUT2D eigenvalue weighted by atomic mass is 16.6. The minimum Gasteiger partial charge on any atom is -0.307 e. The van der Waals surface area contributed by atoms with Crippen molar-refractivity contribution in [1.29, 1.82) is 0 Å². The van der Waals surface area contributed by atoms with Crippen molar-refractivity contribution in [2.24, 2.45) is 0 Å². The summed E-state index contributed by atoms with van der Waals surface area (Å²) in [5, 5.41) is 26.7. The van der Waals surface area contributed by atoms with Gasteiger partial charge in [-0.15, -0.1) is 0 Å². The topological polar surface area (TPSA) is 127 Å². The number of nitrogens with zero attached hydrogens (tertiary/aromatic N) is 2. The molecule has 124 valence electrons. The second-order valence-corrected chi connectivity index (χ2v) is 5.09. The van der Waals surface area contributed by atoms with Crippen molar-refractivity contribution >= 4 is 28.8 Å². The molecule has 2 rings (SSSR count). The molecule has 0 atom stereocenters. The number of amides is 2. The summed E-state index contributed by atoms with van der Waals surface area (Å²) < 4.78 is 0. The first kappa shape index (κ1) is 16.9. The van der Waals surface area contributed by atoms with E-state index in [1.54, 1.807) is 13.8 Å². The predicted molar refractivity (Wildman–Crippen MR) is 88.3 cm³/mol. The van der Waals surface area contributed by atoms with Crippen LogP contribution in [0.2, 0.25) is 0 Å². The Hall–Kier alpha value is -3.49. The fourth-order valence-electron chi connectivity index (χ4n) is 2.03. The number of carbonyl (C=O) groups is 1. The minimum atomic E-state index is -0.656. The van der Waals surface area contributed by atoms with Crippen molar-refractivity contribution in [2.45, 2.75) is 13.8 Å². The Morgan fingerprint density at radius 1 is 0.917 bits per heavy atom. The summed E-state index contributed by atoms with van der Waals surface area (Å²) >= 11 is 0. The predicted octanol–water partition coefficient (Wildman–Crippen LogP) is 3.76. The molecule has 2 aromatic carbocycles. The maximum absolute atomic E-state index is 12.0. The lowest BCUT2D eigenvalue weighted by atomic mass is 10.2. The van der Waals surface area contributed by atoms with E-state index in [0.717, 1.165) is 0 Å². The van der Waals surface area contributed by atoms with Crippen LogP contribution in [0.4, 0.5) is 27.5 Å². The zero-order chi connectivity index (χ0) is 17.9. The number of carbonyl (C=O) groups excluding carboxylic acids is 1. The van der Waals surface area contributed by atoms with E-state index in [1.807, 2.05) is 0 Å². The van der Waals surface area contributed by atoms with Crippen LogP contribution in [0.3, 0.4) is 0 Å². The van der Waals surface area contributed by atoms with Crippen LogP contribution >= 0.6 is 0 Å². The van der Waals surface area contributed by atoms with E-state index in [9.17, 15) is 25.0 Å². The highest BCUT2D eigenvalue weighted by Gasteiger charge is 2.14. The van der Waals surface area contributed by atoms with Crippen molar-refractivity contribution in [1.82, 2.24) is 0 Å². The number of urea groups is 1. The number of nitrogens with one attached hydrogen (secondary N) is 2. The van der Waals surface area contributed by atoms with Gasteiger partial charge in [0.25, 0.3) is 11.4 Å². The molecular weight excluding hydrogens is 316 g/mol. The van der Waals surface area contributed by atoms with Crippen LogP contribution in [0.5, 0.6) is 0 Å². The van der Waals surface area contributed by atoms with Crippen LogP contribution in [0, 0.1) is 34.1 Å². The molecule has 0 aliphatic carbocycles. The third kappa shape index (κ3) is 3.83. The third-order valence-corrected chi connectivity index (χ3v) is 3.34. The Labute approximate surface area is 136 Å². The van der Waals surface area contributed by atoms with Gasteiger partial charge in [-0.2, -0.15) is 0 Å². The van der Waals surface area contributed by atoms with Gasteiger partial charge in [0.2, 0.25) is 0 Å². The molecule has 0 aromatic heterocycles. The molecule has 0 unspecified atom stereocenters. The summed E-state index contributed by atoms with van der Waals surface area (Å²) in [6.07, 6.45) is 0. The Bertz CT molecular complexity index is 835. The second kappa shape index (κ2) is 6.73. The average Bonchev–Trinajstić information content (AvgIpc) is 2.50. The molecule has 2 N–H and O–H groups in total. The second-order valence-electron chi connectivity index (χ2n) is 5.09. The minimum absolute atomic E-state index is 0.112. The SMILES string of the molecule is Cc1ccc([N+](=O)[O-])cc1NC(=O)Nc1ccc(C)c([N+](=O)[O-])c1. The quantitative estimate of drug-likeness (QED) is 0.651. The first-order valence-corrected chi connectivity index (χ1v) is 6.86. The lowest BCUT2D eigenvalue weighted by molar-refractivity contribution is -0.385. The molecule has 9 nitrogen and oxygen atoms in total. The summed E-state index contributed by atoms with van der Waals surface area (Å²) in [6, 6.07) is 7.74. The lowest BCUT2D eigenvalue weighted by Gasteiger charge is -2.10. The molecule has 2 amide bonds. The van der Waals surface area contributed by atoms with Crippen molar-refractivity contribution in [2.75, 3.05) is 10.6 Å². The van der Waals surface area contributed by atoms with Gasteiger partial charge >= 0.3 is 6.03 Å². The fraction of sp³-hybridized carbons (Fsp3) is 0.133. The maximum Gasteiger partial charge on any atom is 0.323 e. The molecule has 24 heavy (non-hydrogen) atoms. The zero-order valence-electron chi connectivity index (χ0n) is 12.9. The molecule has 9 heteroatoms. The van der Waals surface area contributed by atoms with Gasteiger partial charge in [-0.05, 0) is 25.5 Å². The average molecular weight is 330 g/mol. The molecule has 0 aliphatic heterocycles. The third-order valence-electron chi connectivity index (χ3n) is 3.34. The highest BCUT2D eigenvalue weighted by Crippen LogP contribution is 2.24. The van der Waals surface area contributed by atoms with E-state index in [2.05, 4.69) is 10.6 Å². The van der Waals surface area contributed by atoms with Crippen LogP contribution < -0.4 is 10.6 Å². The summed E-state index contributed by atoms with van der Waals surface area (Å²) in [5.41, 5.74) is 1.38. The van der Waals surface area contributed by atoms with Gasteiger partial charge in [-0.25, -0.2) is 4.79 Å². The number of aryl methyl sites for hydroxylation is 2. The first-order valence-electron chi connectivity index (χ1n) is 6.86. The largest absolute Gasteiger partial charge is 0.323 e. The molecule has 0 aliphatic rings. The molecule has 0 saturated carbocycles. The van der Waals surface area contributed by atoms with E-state index in [0.29, 0.717) is 11.1 Å². The van der Waals surface area contributed by atoms with Gasteiger partial charge in [0.15, 0.2) is 0 Å². The number of benzene rings is 2. The fourth-order valence-corrected chi connectivity index (χ4v) is 2.03. The molecule has 0 fully saturated rings. The van der Waals surface area contributed by atoms with E-state index in [-0.39, 0.29) is 22.7 Å². The maximum atomic E-state index is 12.0. The van der Waals surface area contributed by atoms with Gasteiger partial charge < -0.3 is 10.6 Å². The summed E-state index contributed by atoms with van der Waals surface area (Å²) in [6.45, 7) is 3.28. The molecule has 2 aromatic rings. The highest BCUT2D eigenvalue weighted by molar-refractivity contribution is 6.00. The molecular formula is C15H14N4O5. The Kier molecular flexibility index (Phi) is 4.73. The van der Waals surface area contributed by atoms with Crippen molar-refractivity contribution < 1.29 is 14.6 Å². The Balaban J connectivity index is 2.17. The number of rotatable bonds is 4. The number of nitro groups is 2. The monoisotopic (exact) mass is 330 g/mol. The smallest absolute Gasteiger partial charge is 0.307 e. The summed E-state index contributed by atoms with van der Waals surface area (Å²) in [7, 11) is 0. The van der Waals surface area contributed by atoms with E-state index < -0.39 is 15.9 Å². The van der Waals surface area contributed by atoms with Crippen LogP contribution in [0.15, 0.2) is 36.4 Å². The summed E-state index contributed by atoms with van der Waals surface area (Å²) in [4.78, 5) is 32.6. The van der Waals surface area contributed by atoms with E-state index in [4.69, 9.17) is 0 Å². The standard InChI is InChI=1S/C15H14N4O5/c1-9-4-6-12(18(21)22)8-13(9)17-15(20)16-11-5-3-10(2)14(7-11)19(23)24/h3-8H,1-2H3,(H2,16,17,20). The van der Waals surface area contributed by atoms with Gasteiger partial charge in [-0.3, -0.25) is 20.2 Å². The van der Waals surface area contributed by atoms with E-state index >= 15 is 0 Å². The summed E-state index contributed by atoms with van der Waals surface area (Å²) in [5.74, 6) is 0. The van der Waals surface area contributed by atoms with Crippen LogP contribution in [0.25, 0.3) is 0 Å². The lowest BCUT2D eigenvalue weighted by Crippen LogP contribution is -2.20. The molecule has 0 saturated heterocycles. The molecule has 0 spiro atoms. The Morgan fingerprint density at radius 2 is 1.58 bits per heavy atom. The van der Waals surface area contributed by atoms with Gasteiger partial charge in [-0.1, -0.05) is 12.1 Å². The number of anilines is 2. The molecule has 0 radical (unpaired) electrons. The van der Waals surface area contributed by atoms with Crippen LogP contribution in [-0.2, 0) is 0 Å². The van der Waals surface area contributed by atoms with Crippen molar-refractivity contribution in [3.63, 3.8) is 0 Å². The molecule has 0 heterocycles. The van der Waals surface area contributed by atoms with E-state index in [1.165, 1.54) is 36.4 Å². The van der Waals surface area contributed by atoms with Crippen molar-refractivity contribution in [3.8, 4) is 0 Å². The Morgan fingerprint density at radius 3 is 2.21 bits per heavy atom.